The average molecular weight is 256 g/mol. The smallest absolute Gasteiger partial charge is 0.0994 e. The maximum absolute atomic E-state index is 8.88. The van der Waals surface area contributed by atoms with Crippen molar-refractivity contribution in [2.24, 2.45) is 0 Å². The molecule has 0 atom stereocenters. The Kier molecular flexibility index (Phi) is 3.69. The average Bonchev–Trinajstić information content (AvgIpc) is 2.66. The number of anilines is 1. The minimum absolute atomic E-state index is 0.739. The third-order valence-electron chi connectivity index (χ3n) is 3.03. The van der Waals surface area contributed by atoms with Crippen molar-refractivity contribution in [3.8, 4) is 6.07 Å². The van der Waals surface area contributed by atoms with Crippen molar-refractivity contribution in [1.29, 1.82) is 5.26 Å². The van der Waals surface area contributed by atoms with Crippen LogP contribution in [0.25, 0.3) is 0 Å². The quantitative estimate of drug-likeness (QED) is 0.895. The van der Waals surface area contributed by atoms with Gasteiger partial charge in [0.2, 0.25) is 0 Å². The van der Waals surface area contributed by atoms with E-state index in [0.29, 0.717) is 0 Å². The highest BCUT2D eigenvalue weighted by atomic mass is 32.1. The molecule has 1 aromatic carbocycles. The molecule has 3 heteroatoms. The predicted molar refractivity (Wildman–Crippen MR) is 77.0 cm³/mol. The van der Waals surface area contributed by atoms with Crippen LogP contribution in [0.5, 0.6) is 0 Å². The maximum Gasteiger partial charge on any atom is 0.0994 e. The van der Waals surface area contributed by atoms with Gasteiger partial charge in [0.25, 0.3) is 0 Å². The molecule has 0 radical (unpaired) electrons. The monoisotopic (exact) mass is 256 g/mol. The first-order chi connectivity index (χ1) is 8.60. The minimum Gasteiger partial charge on any atom is -0.380 e. The second-order valence-electron chi connectivity index (χ2n) is 4.45. The fourth-order valence-electron chi connectivity index (χ4n) is 1.83. The Hall–Kier alpha value is -1.79. The molecule has 92 valence electrons. The number of hydrogen-bond donors (Lipinski definition) is 1. The zero-order valence-corrected chi connectivity index (χ0v) is 11.7. The number of hydrogen-bond acceptors (Lipinski definition) is 3. The first-order valence-electron chi connectivity index (χ1n) is 5.90. The number of thiophene rings is 1. The summed E-state index contributed by atoms with van der Waals surface area (Å²) >= 11 is 1.83. The van der Waals surface area contributed by atoms with Crippen LogP contribution < -0.4 is 5.32 Å². The van der Waals surface area contributed by atoms with Gasteiger partial charge in [0.15, 0.2) is 0 Å². The molecule has 0 aliphatic rings. The number of aryl methyl sites for hydroxylation is 3. The van der Waals surface area contributed by atoms with Gasteiger partial charge in [-0.05, 0) is 56.2 Å². The fraction of sp³-hybridized carbons (Fsp3) is 0.267. The number of rotatable bonds is 3. The lowest BCUT2D eigenvalue weighted by atomic mass is 10.1. The molecular weight excluding hydrogens is 240 g/mol. The highest BCUT2D eigenvalue weighted by Gasteiger charge is 2.02. The normalized spacial score (nSPS) is 10.1. The first-order valence-corrected chi connectivity index (χ1v) is 6.72. The highest BCUT2D eigenvalue weighted by molar-refractivity contribution is 7.12. The van der Waals surface area contributed by atoms with Crippen molar-refractivity contribution in [2.75, 3.05) is 5.32 Å². The van der Waals surface area contributed by atoms with E-state index in [1.54, 1.807) is 0 Å². The van der Waals surface area contributed by atoms with E-state index in [4.69, 9.17) is 5.26 Å². The van der Waals surface area contributed by atoms with Crippen LogP contribution >= 0.6 is 11.3 Å². The topological polar surface area (TPSA) is 35.8 Å². The summed E-state index contributed by atoms with van der Waals surface area (Å²) in [4.78, 5) is 2.72. The summed E-state index contributed by atoms with van der Waals surface area (Å²) < 4.78 is 0. The van der Waals surface area contributed by atoms with Gasteiger partial charge in [-0.15, -0.1) is 11.3 Å². The highest BCUT2D eigenvalue weighted by Crippen LogP contribution is 2.22. The molecule has 2 aromatic rings. The van der Waals surface area contributed by atoms with E-state index in [1.807, 2.05) is 36.5 Å². The third-order valence-corrected chi connectivity index (χ3v) is 4.18. The molecule has 2 nitrogen and oxygen atoms in total. The molecule has 0 aliphatic carbocycles. The van der Waals surface area contributed by atoms with Crippen molar-refractivity contribution in [3.05, 3.63) is 50.7 Å². The number of nitrogens with one attached hydrogen (secondary N) is 1. The van der Waals surface area contributed by atoms with E-state index in [-0.39, 0.29) is 0 Å². The van der Waals surface area contributed by atoms with Gasteiger partial charge in [0.1, 0.15) is 0 Å². The van der Waals surface area contributed by atoms with Crippen LogP contribution in [0.2, 0.25) is 0 Å². The molecule has 0 amide bonds. The number of benzene rings is 1. The lowest BCUT2D eigenvalue weighted by Crippen LogP contribution is -1.98. The van der Waals surface area contributed by atoms with E-state index in [9.17, 15) is 0 Å². The van der Waals surface area contributed by atoms with Gasteiger partial charge in [-0.1, -0.05) is 0 Å². The molecule has 0 aliphatic heterocycles. The van der Waals surface area contributed by atoms with Gasteiger partial charge < -0.3 is 5.32 Å². The zero-order valence-electron chi connectivity index (χ0n) is 10.9. The van der Waals surface area contributed by atoms with E-state index in [0.717, 1.165) is 23.4 Å². The molecule has 0 fully saturated rings. The van der Waals surface area contributed by atoms with E-state index >= 15 is 0 Å². The molecule has 2 rings (SSSR count). The maximum atomic E-state index is 8.88. The van der Waals surface area contributed by atoms with E-state index in [2.05, 4.69) is 31.3 Å². The molecule has 18 heavy (non-hydrogen) atoms. The fourth-order valence-corrected chi connectivity index (χ4v) is 2.82. The SMILES string of the molecule is Cc1cc(NCc2cc(C)c(C)s2)ccc1C#N. The Morgan fingerprint density at radius 2 is 1.94 bits per heavy atom. The lowest BCUT2D eigenvalue weighted by Gasteiger charge is -2.06. The van der Waals surface area contributed by atoms with Crippen molar-refractivity contribution in [2.45, 2.75) is 27.3 Å². The van der Waals surface area contributed by atoms with Crippen LogP contribution in [-0.2, 0) is 6.54 Å². The summed E-state index contributed by atoms with van der Waals surface area (Å²) in [5.74, 6) is 0. The largest absolute Gasteiger partial charge is 0.380 e. The van der Waals surface area contributed by atoms with Gasteiger partial charge in [0, 0.05) is 22.0 Å². The zero-order chi connectivity index (χ0) is 13.1. The van der Waals surface area contributed by atoms with Gasteiger partial charge in [-0.25, -0.2) is 0 Å². The van der Waals surface area contributed by atoms with Crippen molar-refractivity contribution >= 4 is 17.0 Å². The second kappa shape index (κ2) is 5.24. The Bertz CT molecular complexity index is 586. The molecule has 0 saturated carbocycles. The van der Waals surface area contributed by atoms with E-state index in [1.165, 1.54) is 15.3 Å². The van der Waals surface area contributed by atoms with Crippen LogP contribution in [0.3, 0.4) is 0 Å². The Morgan fingerprint density at radius 1 is 1.17 bits per heavy atom. The van der Waals surface area contributed by atoms with Gasteiger partial charge >= 0.3 is 0 Å². The summed E-state index contributed by atoms with van der Waals surface area (Å²) in [7, 11) is 0. The van der Waals surface area contributed by atoms with Crippen LogP contribution in [0.1, 0.15) is 26.4 Å². The van der Waals surface area contributed by atoms with Crippen LogP contribution in [0, 0.1) is 32.1 Å². The predicted octanol–water partition coefficient (Wildman–Crippen LogP) is 4.16. The minimum atomic E-state index is 0.739. The molecule has 1 N–H and O–H groups in total. The molecular formula is C15H16N2S. The second-order valence-corrected chi connectivity index (χ2v) is 5.79. The van der Waals surface area contributed by atoms with Crippen molar-refractivity contribution < 1.29 is 0 Å². The number of nitriles is 1. The summed E-state index contributed by atoms with van der Waals surface area (Å²) in [6.07, 6.45) is 0. The molecule has 0 bridgehead atoms. The van der Waals surface area contributed by atoms with Gasteiger partial charge in [-0.3, -0.25) is 0 Å². The van der Waals surface area contributed by atoms with Crippen LogP contribution in [0.15, 0.2) is 24.3 Å². The van der Waals surface area contributed by atoms with Gasteiger partial charge in [0.05, 0.1) is 11.6 Å². The molecule has 1 heterocycles. The van der Waals surface area contributed by atoms with Crippen LogP contribution in [0.4, 0.5) is 5.69 Å². The Labute approximate surface area is 112 Å². The van der Waals surface area contributed by atoms with E-state index < -0.39 is 0 Å². The molecule has 0 spiro atoms. The first kappa shape index (κ1) is 12.7. The third kappa shape index (κ3) is 2.72. The van der Waals surface area contributed by atoms with Crippen molar-refractivity contribution in [3.63, 3.8) is 0 Å². The summed E-state index contributed by atoms with van der Waals surface area (Å²) in [5, 5.41) is 12.3. The summed E-state index contributed by atoms with van der Waals surface area (Å²) in [6.45, 7) is 7.09. The molecule has 0 saturated heterocycles. The number of nitrogens with zero attached hydrogens (tertiary/aromatic N) is 1. The summed E-state index contributed by atoms with van der Waals surface area (Å²) in [6, 6.07) is 10.2. The molecule has 1 aromatic heterocycles. The van der Waals surface area contributed by atoms with Crippen molar-refractivity contribution in [1.82, 2.24) is 0 Å². The molecule has 0 unspecified atom stereocenters. The standard InChI is InChI=1S/C15H16N2S/c1-10-7-15(18-12(10)3)9-17-14-5-4-13(8-16)11(2)6-14/h4-7,17H,9H2,1-3H3. The Balaban J connectivity index is 2.07. The Morgan fingerprint density at radius 3 is 2.50 bits per heavy atom. The van der Waals surface area contributed by atoms with Gasteiger partial charge in [-0.2, -0.15) is 5.26 Å². The summed E-state index contributed by atoms with van der Waals surface area (Å²) in [5.41, 5.74) is 4.17. The lowest BCUT2D eigenvalue weighted by molar-refractivity contribution is 1.18. The van der Waals surface area contributed by atoms with Crippen LogP contribution in [-0.4, -0.2) is 0 Å².